The Bertz CT molecular complexity index is 884. The molecule has 0 unspecified atom stereocenters. The van der Waals surface area contributed by atoms with E-state index in [2.05, 4.69) is 21.2 Å². The standard InChI is InChI=1S/C19H20N4O4S/c1-3-11-27-19(25)23-9-6-13(7-10-23)18-22-15(12-28-18)16(24)21-14-5-4-8-20-17(14)26-2/h1,4-5,8,12-13H,6-7,9-11H2,2H3,(H,21,24). The molecule has 1 fully saturated rings. The summed E-state index contributed by atoms with van der Waals surface area (Å²) in [4.78, 5) is 34.5. The summed E-state index contributed by atoms with van der Waals surface area (Å²) in [6, 6.07) is 3.43. The number of hydrogen-bond acceptors (Lipinski definition) is 7. The molecule has 1 aliphatic heterocycles. The number of pyridine rings is 1. The Morgan fingerprint density at radius 1 is 1.43 bits per heavy atom. The molecule has 0 aromatic carbocycles. The first-order valence-corrected chi connectivity index (χ1v) is 9.61. The average Bonchev–Trinajstić information content (AvgIpc) is 3.23. The fourth-order valence-electron chi connectivity index (χ4n) is 2.92. The van der Waals surface area contributed by atoms with Crippen molar-refractivity contribution >= 4 is 29.0 Å². The summed E-state index contributed by atoms with van der Waals surface area (Å²) in [5, 5.41) is 5.39. The number of thiazole rings is 1. The Morgan fingerprint density at radius 2 is 2.21 bits per heavy atom. The van der Waals surface area contributed by atoms with Gasteiger partial charge in [-0.1, -0.05) is 5.92 Å². The molecular formula is C19H20N4O4S. The molecule has 2 amide bonds. The highest BCUT2D eigenvalue weighted by Gasteiger charge is 2.27. The number of piperidine rings is 1. The first-order chi connectivity index (χ1) is 13.6. The van der Waals surface area contributed by atoms with Crippen LogP contribution in [-0.2, 0) is 4.74 Å². The van der Waals surface area contributed by atoms with E-state index in [1.165, 1.54) is 18.4 Å². The second kappa shape index (κ2) is 9.19. The zero-order chi connectivity index (χ0) is 19.9. The van der Waals surface area contributed by atoms with Crippen molar-refractivity contribution in [3.8, 4) is 18.2 Å². The van der Waals surface area contributed by atoms with E-state index < -0.39 is 0 Å². The quantitative estimate of drug-likeness (QED) is 0.776. The number of rotatable bonds is 5. The summed E-state index contributed by atoms with van der Waals surface area (Å²) < 4.78 is 10.1. The van der Waals surface area contributed by atoms with Gasteiger partial charge >= 0.3 is 6.09 Å². The lowest BCUT2D eigenvalue weighted by molar-refractivity contribution is 0.102. The van der Waals surface area contributed by atoms with Gasteiger partial charge in [-0.05, 0) is 25.0 Å². The van der Waals surface area contributed by atoms with Gasteiger partial charge in [-0.3, -0.25) is 4.79 Å². The molecule has 0 atom stereocenters. The van der Waals surface area contributed by atoms with Crippen LogP contribution in [0.15, 0.2) is 23.7 Å². The van der Waals surface area contributed by atoms with Crippen molar-refractivity contribution in [3.63, 3.8) is 0 Å². The number of methoxy groups -OCH3 is 1. The van der Waals surface area contributed by atoms with Crippen molar-refractivity contribution in [1.29, 1.82) is 0 Å². The molecule has 0 spiro atoms. The van der Waals surface area contributed by atoms with Gasteiger partial charge in [0.1, 0.15) is 11.4 Å². The van der Waals surface area contributed by atoms with Gasteiger partial charge in [0.15, 0.2) is 6.61 Å². The van der Waals surface area contributed by atoms with E-state index in [0.29, 0.717) is 30.4 Å². The molecule has 3 rings (SSSR count). The predicted molar refractivity (Wildman–Crippen MR) is 105 cm³/mol. The topological polar surface area (TPSA) is 93.7 Å². The Morgan fingerprint density at radius 3 is 2.93 bits per heavy atom. The van der Waals surface area contributed by atoms with Gasteiger partial charge in [0, 0.05) is 30.6 Å². The van der Waals surface area contributed by atoms with Crippen LogP contribution in [0, 0.1) is 12.3 Å². The van der Waals surface area contributed by atoms with E-state index in [1.54, 1.807) is 28.6 Å². The first-order valence-electron chi connectivity index (χ1n) is 8.73. The van der Waals surface area contributed by atoms with Crippen LogP contribution in [0.3, 0.4) is 0 Å². The van der Waals surface area contributed by atoms with Crippen LogP contribution in [0.25, 0.3) is 0 Å². The van der Waals surface area contributed by atoms with Gasteiger partial charge in [0.25, 0.3) is 5.91 Å². The van der Waals surface area contributed by atoms with Gasteiger partial charge in [-0.15, -0.1) is 17.8 Å². The van der Waals surface area contributed by atoms with Crippen LogP contribution >= 0.6 is 11.3 Å². The van der Waals surface area contributed by atoms with Gasteiger partial charge in [0.05, 0.1) is 12.1 Å². The molecule has 2 aromatic heterocycles. The van der Waals surface area contributed by atoms with Crippen LogP contribution in [0.5, 0.6) is 5.88 Å². The van der Waals surface area contributed by atoms with Crippen molar-refractivity contribution in [1.82, 2.24) is 14.9 Å². The van der Waals surface area contributed by atoms with E-state index in [-0.39, 0.29) is 24.5 Å². The van der Waals surface area contributed by atoms with Crippen molar-refractivity contribution in [2.24, 2.45) is 0 Å². The SMILES string of the molecule is C#CCOC(=O)N1CCC(c2nc(C(=O)Nc3cccnc3OC)cs2)CC1. The number of carbonyl (C=O) groups excluding carboxylic acids is 2. The maximum atomic E-state index is 12.5. The minimum atomic E-state index is -0.388. The summed E-state index contributed by atoms with van der Waals surface area (Å²) in [6.07, 6.45) is 7.82. The van der Waals surface area contributed by atoms with Crippen LogP contribution < -0.4 is 10.1 Å². The highest BCUT2D eigenvalue weighted by molar-refractivity contribution is 7.10. The van der Waals surface area contributed by atoms with E-state index in [1.807, 2.05) is 0 Å². The number of terminal acetylenes is 1. The molecule has 146 valence electrons. The summed E-state index contributed by atoms with van der Waals surface area (Å²) in [5.41, 5.74) is 0.838. The molecule has 9 heteroatoms. The Hall–Kier alpha value is -3.12. The van der Waals surface area contributed by atoms with Gasteiger partial charge in [-0.25, -0.2) is 14.8 Å². The number of likely N-dealkylation sites (tertiary alicyclic amines) is 1. The van der Waals surface area contributed by atoms with Crippen LogP contribution in [0.1, 0.15) is 34.3 Å². The minimum absolute atomic E-state index is 0.0224. The molecule has 2 aromatic rings. The molecule has 8 nitrogen and oxygen atoms in total. The van der Waals surface area contributed by atoms with Crippen LogP contribution in [0.4, 0.5) is 10.5 Å². The summed E-state index contributed by atoms with van der Waals surface area (Å²) in [7, 11) is 1.49. The van der Waals surface area contributed by atoms with Crippen LogP contribution in [-0.4, -0.2) is 53.7 Å². The van der Waals surface area contributed by atoms with E-state index in [9.17, 15) is 9.59 Å². The third-order valence-electron chi connectivity index (χ3n) is 4.35. The lowest BCUT2D eigenvalue weighted by atomic mass is 9.98. The number of amides is 2. The number of nitrogens with zero attached hydrogens (tertiary/aromatic N) is 3. The molecule has 0 aliphatic carbocycles. The highest BCUT2D eigenvalue weighted by atomic mass is 32.1. The summed E-state index contributed by atoms with van der Waals surface area (Å²) in [6.45, 7) is 1.12. The first kappa shape index (κ1) is 19.6. The van der Waals surface area contributed by atoms with Crippen molar-refractivity contribution in [3.05, 3.63) is 34.4 Å². The van der Waals surface area contributed by atoms with Gasteiger partial charge in [0.2, 0.25) is 5.88 Å². The van der Waals surface area contributed by atoms with Gasteiger partial charge < -0.3 is 19.7 Å². The van der Waals surface area contributed by atoms with E-state index in [4.69, 9.17) is 15.9 Å². The smallest absolute Gasteiger partial charge is 0.410 e. The zero-order valence-corrected chi connectivity index (χ0v) is 16.2. The maximum absolute atomic E-state index is 12.5. The maximum Gasteiger partial charge on any atom is 0.410 e. The van der Waals surface area contributed by atoms with Crippen molar-refractivity contribution in [2.75, 3.05) is 32.1 Å². The normalized spacial score (nSPS) is 14.2. The number of anilines is 1. The Kier molecular flexibility index (Phi) is 6.45. The second-order valence-corrected chi connectivity index (χ2v) is 7.00. The van der Waals surface area contributed by atoms with Crippen molar-refractivity contribution < 1.29 is 19.1 Å². The Labute approximate surface area is 166 Å². The molecule has 0 bridgehead atoms. The molecule has 0 saturated carbocycles. The summed E-state index contributed by atoms with van der Waals surface area (Å²) >= 11 is 1.45. The fraction of sp³-hybridized carbons (Fsp3) is 0.368. The summed E-state index contributed by atoms with van der Waals surface area (Å²) in [5.74, 6) is 2.51. The molecule has 0 radical (unpaired) electrons. The molecule has 1 N–H and O–H groups in total. The number of carbonyl (C=O) groups is 2. The van der Waals surface area contributed by atoms with Gasteiger partial charge in [-0.2, -0.15) is 0 Å². The lowest BCUT2D eigenvalue weighted by Gasteiger charge is -2.30. The number of ether oxygens (including phenoxy) is 2. The zero-order valence-electron chi connectivity index (χ0n) is 15.4. The molecule has 28 heavy (non-hydrogen) atoms. The highest BCUT2D eigenvalue weighted by Crippen LogP contribution is 2.31. The molecule has 1 saturated heterocycles. The minimum Gasteiger partial charge on any atom is -0.480 e. The molecular weight excluding hydrogens is 380 g/mol. The average molecular weight is 400 g/mol. The number of nitrogens with one attached hydrogen (secondary N) is 1. The fourth-order valence-corrected chi connectivity index (χ4v) is 3.89. The number of hydrogen-bond donors (Lipinski definition) is 1. The van der Waals surface area contributed by atoms with Crippen molar-refractivity contribution in [2.45, 2.75) is 18.8 Å². The number of aromatic nitrogens is 2. The molecule has 1 aliphatic rings. The third-order valence-corrected chi connectivity index (χ3v) is 5.36. The Balaban J connectivity index is 1.58. The monoisotopic (exact) mass is 400 g/mol. The van der Waals surface area contributed by atoms with E-state index >= 15 is 0 Å². The predicted octanol–water partition coefficient (Wildman–Crippen LogP) is 2.75. The molecule has 3 heterocycles. The second-order valence-electron chi connectivity index (χ2n) is 6.11. The van der Waals surface area contributed by atoms with Crippen LogP contribution in [0.2, 0.25) is 0 Å². The third kappa shape index (κ3) is 4.58. The lowest BCUT2D eigenvalue weighted by Crippen LogP contribution is -2.38. The van der Waals surface area contributed by atoms with E-state index in [0.717, 1.165) is 17.8 Å². The largest absolute Gasteiger partial charge is 0.480 e.